The fourth-order valence-corrected chi connectivity index (χ4v) is 1.28. The van der Waals surface area contributed by atoms with Crippen molar-refractivity contribution >= 4 is 11.8 Å². The smallest absolute Gasteiger partial charge is 0.305 e. The molecule has 3 heteroatoms. The second-order valence-electron chi connectivity index (χ2n) is 3.72. The summed E-state index contributed by atoms with van der Waals surface area (Å²) in [5.41, 5.74) is 0. The van der Waals surface area contributed by atoms with Crippen LogP contribution in [-0.4, -0.2) is 18.4 Å². The summed E-state index contributed by atoms with van der Waals surface area (Å²) in [6.45, 7) is 4.48. The normalized spacial score (nSPS) is 10.0. The van der Waals surface area contributed by atoms with Gasteiger partial charge in [-0.1, -0.05) is 13.8 Å². The van der Waals surface area contributed by atoms with Gasteiger partial charge in [-0.25, -0.2) is 0 Å². The van der Waals surface area contributed by atoms with Gasteiger partial charge in [0.15, 0.2) is 0 Å². The van der Waals surface area contributed by atoms with Gasteiger partial charge in [-0.3, -0.25) is 9.59 Å². The average molecular weight is 214 g/mol. The molecule has 88 valence electrons. The number of hydrogen-bond donors (Lipinski definition) is 0. The molecule has 0 atom stereocenters. The fraction of sp³-hybridized carbons (Fsp3) is 0.833. The van der Waals surface area contributed by atoms with E-state index in [-0.39, 0.29) is 5.97 Å². The summed E-state index contributed by atoms with van der Waals surface area (Å²) in [6.07, 6.45) is 5.06. The van der Waals surface area contributed by atoms with Gasteiger partial charge in [0.2, 0.25) is 0 Å². The largest absolute Gasteiger partial charge is 0.466 e. The van der Waals surface area contributed by atoms with Crippen molar-refractivity contribution in [2.45, 2.75) is 58.8 Å². The van der Waals surface area contributed by atoms with Crippen LogP contribution >= 0.6 is 0 Å². The van der Waals surface area contributed by atoms with E-state index in [1.807, 2.05) is 13.8 Å². The Labute approximate surface area is 92.2 Å². The molecule has 0 aliphatic heterocycles. The molecule has 0 fully saturated rings. The molecule has 15 heavy (non-hydrogen) atoms. The van der Waals surface area contributed by atoms with Crippen molar-refractivity contribution in [3.63, 3.8) is 0 Å². The van der Waals surface area contributed by atoms with Crippen LogP contribution in [0.5, 0.6) is 0 Å². The van der Waals surface area contributed by atoms with Crippen molar-refractivity contribution in [3.05, 3.63) is 0 Å². The van der Waals surface area contributed by atoms with Crippen LogP contribution in [0.1, 0.15) is 58.8 Å². The molecule has 0 unspecified atom stereocenters. The number of esters is 1. The molecule has 0 heterocycles. The molecule has 0 spiro atoms. The van der Waals surface area contributed by atoms with Crippen LogP contribution in [-0.2, 0) is 14.3 Å². The standard InChI is InChI=1S/C12H22O3/c1-3-7-11(13)8-5-6-9-12(14)15-10-4-2/h3-10H2,1-2H3. The van der Waals surface area contributed by atoms with E-state index >= 15 is 0 Å². The van der Waals surface area contributed by atoms with Gasteiger partial charge in [-0.05, 0) is 25.7 Å². The Morgan fingerprint density at radius 3 is 2.20 bits per heavy atom. The molecule has 0 saturated carbocycles. The first kappa shape index (κ1) is 14.1. The highest BCUT2D eigenvalue weighted by molar-refractivity contribution is 5.78. The summed E-state index contributed by atoms with van der Waals surface area (Å²) in [6, 6.07) is 0. The molecule has 0 aromatic heterocycles. The molecule has 0 aromatic carbocycles. The van der Waals surface area contributed by atoms with Crippen LogP contribution in [0.3, 0.4) is 0 Å². The first-order valence-corrected chi connectivity index (χ1v) is 5.88. The molecule has 0 radical (unpaired) electrons. The Bertz CT molecular complexity index is 187. The predicted octanol–water partition coefficient (Wildman–Crippen LogP) is 2.87. The van der Waals surface area contributed by atoms with E-state index in [0.29, 0.717) is 31.7 Å². The minimum Gasteiger partial charge on any atom is -0.466 e. The van der Waals surface area contributed by atoms with Gasteiger partial charge in [0.1, 0.15) is 5.78 Å². The lowest BCUT2D eigenvalue weighted by Gasteiger charge is -2.02. The van der Waals surface area contributed by atoms with Crippen LogP contribution in [0.4, 0.5) is 0 Å². The van der Waals surface area contributed by atoms with E-state index in [1.165, 1.54) is 0 Å². The Hall–Kier alpha value is -0.860. The number of hydrogen-bond acceptors (Lipinski definition) is 3. The zero-order valence-corrected chi connectivity index (χ0v) is 9.88. The van der Waals surface area contributed by atoms with E-state index in [1.54, 1.807) is 0 Å². The molecule has 0 aliphatic carbocycles. The zero-order valence-electron chi connectivity index (χ0n) is 9.88. The molecular formula is C12H22O3. The van der Waals surface area contributed by atoms with Crippen molar-refractivity contribution in [2.24, 2.45) is 0 Å². The van der Waals surface area contributed by atoms with Gasteiger partial charge in [-0.15, -0.1) is 0 Å². The summed E-state index contributed by atoms with van der Waals surface area (Å²) in [5.74, 6) is 0.166. The lowest BCUT2D eigenvalue weighted by atomic mass is 10.1. The minimum atomic E-state index is -0.139. The topological polar surface area (TPSA) is 43.4 Å². The number of Topliss-reactive ketones (excluding diaryl/α,β-unsaturated/α-hetero) is 1. The predicted molar refractivity (Wildman–Crippen MR) is 59.6 cm³/mol. The highest BCUT2D eigenvalue weighted by Crippen LogP contribution is 2.04. The van der Waals surface area contributed by atoms with Crippen molar-refractivity contribution in [3.8, 4) is 0 Å². The molecule has 0 rings (SSSR count). The molecule has 0 aliphatic rings. The third kappa shape index (κ3) is 9.44. The van der Waals surface area contributed by atoms with Gasteiger partial charge < -0.3 is 4.74 Å². The van der Waals surface area contributed by atoms with Gasteiger partial charge in [0.25, 0.3) is 0 Å². The van der Waals surface area contributed by atoms with E-state index in [4.69, 9.17) is 4.74 Å². The van der Waals surface area contributed by atoms with E-state index in [0.717, 1.165) is 25.7 Å². The van der Waals surface area contributed by atoms with Crippen LogP contribution in [0.25, 0.3) is 0 Å². The molecular weight excluding hydrogens is 192 g/mol. The van der Waals surface area contributed by atoms with Crippen molar-refractivity contribution < 1.29 is 14.3 Å². The first-order chi connectivity index (χ1) is 7.20. The van der Waals surface area contributed by atoms with Gasteiger partial charge >= 0.3 is 5.97 Å². The van der Waals surface area contributed by atoms with Crippen molar-refractivity contribution in [1.29, 1.82) is 0 Å². The van der Waals surface area contributed by atoms with Gasteiger partial charge in [0, 0.05) is 19.3 Å². The quantitative estimate of drug-likeness (QED) is 0.438. The summed E-state index contributed by atoms with van der Waals surface area (Å²) < 4.78 is 4.92. The average Bonchev–Trinajstić information content (AvgIpc) is 2.22. The van der Waals surface area contributed by atoms with Crippen molar-refractivity contribution in [1.82, 2.24) is 0 Å². The highest BCUT2D eigenvalue weighted by atomic mass is 16.5. The molecule has 0 aromatic rings. The first-order valence-electron chi connectivity index (χ1n) is 5.88. The van der Waals surface area contributed by atoms with Gasteiger partial charge in [0.05, 0.1) is 6.61 Å². The van der Waals surface area contributed by atoms with Gasteiger partial charge in [-0.2, -0.15) is 0 Å². The second kappa shape index (κ2) is 9.69. The monoisotopic (exact) mass is 214 g/mol. The second-order valence-corrected chi connectivity index (χ2v) is 3.72. The number of unbranched alkanes of at least 4 members (excludes halogenated alkanes) is 1. The maximum Gasteiger partial charge on any atom is 0.305 e. The third-order valence-electron chi connectivity index (χ3n) is 2.08. The minimum absolute atomic E-state index is 0.139. The maximum atomic E-state index is 11.1. The molecule has 0 N–H and O–H groups in total. The molecule has 0 saturated heterocycles. The Morgan fingerprint density at radius 1 is 0.933 bits per heavy atom. The van der Waals surface area contributed by atoms with Crippen LogP contribution in [0, 0.1) is 0 Å². The fourth-order valence-electron chi connectivity index (χ4n) is 1.28. The summed E-state index contributed by atoms with van der Waals surface area (Å²) in [7, 11) is 0. The summed E-state index contributed by atoms with van der Waals surface area (Å²) >= 11 is 0. The Kier molecular flexibility index (Phi) is 9.13. The van der Waals surface area contributed by atoms with Crippen LogP contribution in [0.2, 0.25) is 0 Å². The SMILES string of the molecule is CCCOC(=O)CCCCC(=O)CCC. The lowest BCUT2D eigenvalue weighted by Crippen LogP contribution is -2.05. The number of carbonyl (C=O) groups excluding carboxylic acids is 2. The molecule has 0 bridgehead atoms. The Morgan fingerprint density at radius 2 is 1.60 bits per heavy atom. The summed E-state index contributed by atoms with van der Waals surface area (Å²) in [5, 5.41) is 0. The highest BCUT2D eigenvalue weighted by Gasteiger charge is 2.04. The number of ketones is 1. The number of ether oxygens (including phenoxy) is 1. The Balaban J connectivity index is 3.30. The molecule has 3 nitrogen and oxygen atoms in total. The summed E-state index contributed by atoms with van der Waals surface area (Å²) in [4.78, 5) is 22.2. The number of rotatable bonds is 9. The zero-order chi connectivity index (χ0) is 11.5. The maximum absolute atomic E-state index is 11.1. The van der Waals surface area contributed by atoms with Crippen molar-refractivity contribution in [2.75, 3.05) is 6.61 Å². The van der Waals surface area contributed by atoms with E-state index < -0.39 is 0 Å². The molecule has 0 amide bonds. The van der Waals surface area contributed by atoms with E-state index in [2.05, 4.69) is 0 Å². The van der Waals surface area contributed by atoms with Crippen LogP contribution < -0.4 is 0 Å². The van der Waals surface area contributed by atoms with Crippen LogP contribution in [0.15, 0.2) is 0 Å². The third-order valence-corrected chi connectivity index (χ3v) is 2.08. The number of carbonyl (C=O) groups is 2. The van der Waals surface area contributed by atoms with E-state index in [9.17, 15) is 9.59 Å². The lowest BCUT2D eigenvalue weighted by molar-refractivity contribution is -0.143.